The van der Waals surface area contributed by atoms with Gasteiger partial charge in [0.25, 0.3) is 0 Å². The van der Waals surface area contributed by atoms with Gasteiger partial charge in [-0.2, -0.15) is 0 Å². The molecule has 0 spiro atoms. The molecule has 1 aliphatic heterocycles. The quantitative estimate of drug-likeness (QED) is 0.638. The minimum atomic E-state index is 0.797. The van der Waals surface area contributed by atoms with E-state index in [2.05, 4.69) is 30.8 Å². The molecule has 0 amide bonds. The Kier molecular flexibility index (Phi) is 4.14. The van der Waals surface area contributed by atoms with Gasteiger partial charge in [0.05, 0.1) is 12.2 Å². The Balaban J connectivity index is 0.000000293. The van der Waals surface area contributed by atoms with E-state index in [0.29, 0.717) is 0 Å². The van der Waals surface area contributed by atoms with Gasteiger partial charge in [-0.3, -0.25) is 4.90 Å². The van der Waals surface area contributed by atoms with Crippen LogP contribution in [0.3, 0.4) is 0 Å². The van der Waals surface area contributed by atoms with Gasteiger partial charge in [-0.1, -0.05) is 20.3 Å². The number of nitrogens with zero attached hydrogens (tertiary/aromatic N) is 2. The van der Waals surface area contributed by atoms with Crippen LogP contribution < -0.4 is 0 Å². The van der Waals surface area contributed by atoms with E-state index < -0.39 is 0 Å². The SMILES string of the molecule is CCC.Cc1nc2c(o1)CN(C)CC2. The average Bonchev–Trinajstić information content (AvgIpc) is 2.45. The number of hydrogen-bond acceptors (Lipinski definition) is 3. The van der Waals surface area contributed by atoms with Crippen LogP contribution in [0.4, 0.5) is 0 Å². The van der Waals surface area contributed by atoms with Crippen molar-refractivity contribution in [2.45, 2.75) is 40.2 Å². The molecule has 0 saturated heterocycles. The maximum atomic E-state index is 5.42. The highest BCUT2D eigenvalue weighted by molar-refractivity contribution is 5.12. The number of rotatable bonds is 0. The van der Waals surface area contributed by atoms with Crippen LogP contribution in [0, 0.1) is 6.92 Å². The highest BCUT2D eigenvalue weighted by atomic mass is 16.4. The number of likely N-dealkylation sites (N-methyl/N-ethyl adjacent to an activating group) is 1. The van der Waals surface area contributed by atoms with Crippen LogP contribution >= 0.6 is 0 Å². The molecule has 0 bridgehead atoms. The molecule has 14 heavy (non-hydrogen) atoms. The van der Waals surface area contributed by atoms with Gasteiger partial charge < -0.3 is 4.42 Å². The van der Waals surface area contributed by atoms with Gasteiger partial charge in [-0.05, 0) is 7.05 Å². The van der Waals surface area contributed by atoms with E-state index in [1.807, 2.05) is 6.92 Å². The van der Waals surface area contributed by atoms with Crippen LogP contribution in [0.5, 0.6) is 0 Å². The topological polar surface area (TPSA) is 29.3 Å². The molecule has 0 unspecified atom stereocenters. The van der Waals surface area contributed by atoms with E-state index in [0.717, 1.165) is 36.9 Å². The zero-order valence-corrected chi connectivity index (χ0v) is 9.63. The van der Waals surface area contributed by atoms with Gasteiger partial charge >= 0.3 is 0 Å². The summed E-state index contributed by atoms with van der Waals surface area (Å²) >= 11 is 0. The van der Waals surface area contributed by atoms with Crippen LogP contribution in [0.1, 0.15) is 37.6 Å². The van der Waals surface area contributed by atoms with Crippen molar-refractivity contribution in [3.63, 3.8) is 0 Å². The summed E-state index contributed by atoms with van der Waals surface area (Å²) in [5.74, 6) is 1.85. The zero-order chi connectivity index (χ0) is 10.6. The lowest BCUT2D eigenvalue weighted by Gasteiger charge is -2.19. The first kappa shape index (κ1) is 11.2. The Morgan fingerprint density at radius 1 is 1.43 bits per heavy atom. The van der Waals surface area contributed by atoms with Crippen LogP contribution in [0.2, 0.25) is 0 Å². The van der Waals surface area contributed by atoms with Crippen molar-refractivity contribution in [1.82, 2.24) is 9.88 Å². The minimum absolute atomic E-state index is 0.797. The minimum Gasteiger partial charge on any atom is -0.444 e. The number of hydrogen-bond donors (Lipinski definition) is 0. The predicted molar refractivity (Wildman–Crippen MR) is 57.2 cm³/mol. The molecule has 0 aliphatic carbocycles. The molecule has 0 N–H and O–H groups in total. The largest absolute Gasteiger partial charge is 0.444 e. The number of oxazole rings is 1. The summed E-state index contributed by atoms with van der Waals surface area (Å²) in [5, 5.41) is 0. The second kappa shape index (κ2) is 5.15. The molecule has 80 valence electrons. The highest BCUT2D eigenvalue weighted by Gasteiger charge is 2.17. The molecule has 0 saturated carbocycles. The first-order chi connectivity index (χ1) is 6.67. The number of aromatic nitrogens is 1. The number of aryl methyl sites for hydroxylation is 1. The molecule has 1 aromatic heterocycles. The molecule has 0 atom stereocenters. The van der Waals surface area contributed by atoms with Crippen molar-refractivity contribution < 1.29 is 4.42 Å². The first-order valence-electron chi connectivity index (χ1n) is 5.31. The van der Waals surface area contributed by atoms with Gasteiger partial charge in [0.15, 0.2) is 5.89 Å². The second-order valence-corrected chi connectivity index (χ2v) is 3.80. The van der Waals surface area contributed by atoms with E-state index in [4.69, 9.17) is 4.42 Å². The molecule has 0 aromatic carbocycles. The normalized spacial score (nSPS) is 15.7. The van der Waals surface area contributed by atoms with Crippen molar-refractivity contribution in [2.24, 2.45) is 0 Å². The average molecular weight is 196 g/mol. The fourth-order valence-electron chi connectivity index (χ4n) is 1.45. The van der Waals surface area contributed by atoms with Crippen molar-refractivity contribution in [3.8, 4) is 0 Å². The Hall–Kier alpha value is -0.830. The molecule has 2 heterocycles. The van der Waals surface area contributed by atoms with Crippen molar-refractivity contribution in [3.05, 3.63) is 17.3 Å². The molecule has 0 radical (unpaired) electrons. The Morgan fingerprint density at radius 3 is 2.71 bits per heavy atom. The molecule has 0 fully saturated rings. The third kappa shape index (κ3) is 2.84. The van der Waals surface area contributed by atoms with Crippen LogP contribution in [0.15, 0.2) is 4.42 Å². The van der Waals surface area contributed by atoms with E-state index >= 15 is 0 Å². The standard InChI is InChI=1S/C8H12N2O.C3H8/c1-6-9-7-3-4-10(2)5-8(7)11-6;1-3-2/h3-5H2,1-2H3;3H2,1-2H3. The molecule has 3 heteroatoms. The van der Waals surface area contributed by atoms with Crippen LogP contribution in [-0.2, 0) is 13.0 Å². The Labute approximate surface area is 86.1 Å². The maximum Gasteiger partial charge on any atom is 0.191 e. The van der Waals surface area contributed by atoms with Crippen molar-refractivity contribution >= 4 is 0 Å². The fraction of sp³-hybridized carbons (Fsp3) is 0.727. The second-order valence-electron chi connectivity index (χ2n) is 3.80. The summed E-state index contributed by atoms with van der Waals surface area (Å²) in [7, 11) is 2.10. The van der Waals surface area contributed by atoms with E-state index in [1.54, 1.807) is 0 Å². The Bertz CT molecular complexity index is 281. The summed E-state index contributed by atoms with van der Waals surface area (Å²) in [6.45, 7) is 8.16. The monoisotopic (exact) mass is 196 g/mol. The lowest BCUT2D eigenvalue weighted by Crippen LogP contribution is -2.25. The van der Waals surface area contributed by atoms with E-state index in [1.165, 1.54) is 6.42 Å². The maximum absolute atomic E-state index is 5.42. The smallest absolute Gasteiger partial charge is 0.191 e. The van der Waals surface area contributed by atoms with Crippen molar-refractivity contribution in [2.75, 3.05) is 13.6 Å². The van der Waals surface area contributed by atoms with Crippen LogP contribution in [-0.4, -0.2) is 23.5 Å². The molecule has 1 aromatic rings. The van der Waals surface area contributed by atoms with E-state index in [9.17, 15) is 0 Å². The first-order valence-corrected chi connectivity index (χ1v) is 5.31. The summed E-state index contributed by atoms with van der Waals surface area (Å²) in [4.78, 5) is 6.54. The number of fused-ring (bicyclic) bond motifs is 1. The molecule has 3 nitrogen and oxygen atoms in total. The summed E-state index contributed by atoms with van der Waals surface area (Å²) in [6, 6.07) is 0. The Morgan fingerprint density at radius 2 is 2.07 bits per heavy atom. The summed E-state index contributed by atoms with van der Waals surface area (Å²) in [6.07, 6.45) is 2.28. The molecule has 2 rings (SSSR count). The van der Waals surface area contributed by atoms with Crippen LogP contribution in [0.25, 0.3) is 0 Å². The van der Waals surface area contributed by atoms with Gasteiger partial charge in [-0.25, -0.2) is 4.98 Å². The summed E-state index contributed by atoms with van der Waals surface area (Å²) in [5.41, 5.74) is 1.15. The third-order valence-electron chi connectivity index (χ3n) is 2.03. The van der Waals surface area contributed by atoms with Gasteiger partial charge in [0.2, 0.25) is 0 Å². The molecule has 1 aliphatic rings. The van der Waals surface area contributed by atoms with Gasteiger partial charge in [0, 0.05) is 19.9 Å². The lowest BCUT2D eigenvalue weighted by molar-refractivity contribution is 0.275. The van der Waals surface area contributed by atoms with E-state index in [-0.39, 0.29) is 0 Å². The highest BCUT2D eigenvalue weighted by Crippen LogP contribution is 2.17. The lowest BCUT2D eigenvalue weighted by atomic mass is 10.2. The predicted octanol–water partition coefficient (Wildman–Crippen LogP) is 2.39. The molecular formula is C11H20N2O. The van der Waals surface area contributed by atoms with Crippen molar-refractivity contribution in [1.29, 1.82) is 0 Å². The molecular weight excluding hydrogens is 176 g/mol. The zero-order valence-electron chi connectivity index (χ0n) is 9.63. The van der Waals surface area contributed by atoms with Gasteiger partial charge in [0.1, 0.15) is 5.76 Å². The summed E-state index contributed by atoms with van der Waals surface area (Å²) < 4.78 is 5.42. The third-order valence-corrected chi connectivity index (χ3v) is 2.03. The fourth-order valence-corrected chi connectivity index (χ4v) is 1.45. The van der Waals surface area contributed by atoms with Gasteiger partial charge in [-0.15, -0.1) is 0 Å².